The summed E-state index contributed by atoms with van der Waals surface area (Å²) < 4.78 is 1.89. The number of hydrogen-bond acceptors (Lipinski definition) is 3. The highest BCUT2D eigenvalue weighted by Gasteiger charge is 2.04. The van der Waals surface area contributed by atoms with Crippen LogP contribution < -0.4 is 5.73 Å². The van der Waals surface area contributed by atoms with Gasteiger partial charge in [-0.1, -0.05) is 0 Å². The van der Waals surface area contributed by atoms with Crippen LogP contribution in [0.4, 0.5) is 0 Å². The molecule has 2 N–H and O–H groups in total. The minimum atomic E-state index is 0.708. The fraction of sp³-hybridized carbons (Fsp3) is 0.455. The summed E-state index contributed by atoms with van der Waals surface area (Å²) in [5.41, 5.74) is 9.63. The number of aryl methyl sites for hydroxylation is 3. The molecule has 0 bridgehead atoms. The van der Waals surface area contributed by atoms with Gasteiger partial charge in [-0.15, -0.1) is 0 Å². The summed E-state index contributed by atoms with van der Waals surface area (Å²) in [5.74, 6) is 0. The molecule has 0 saturated heterocycles. The Bertz CT molecular complexity index is 473. The van der Waals surface area contributed by atoms with E-state index in [0.29, 0.717) is 6.54 Å². The normalized spacial score (nSPS) is 11.1. The van der Waals surface area contributed by atoms with E-state index < -0.39 is 0 Å². The van der Waals surface area contributed by atoms with Gasteiger partial charge in [0.2, 0.25) is 0 Å². The van der Waals surface area contributed by atoms with E-state index in [-0.39, 0.29) is 0 Å². The molecule has 4 nitrogen and oxygen atoms in total. The van der Waals surface area contributed by atoms with Gasteiger partial charge in [-0.25, -0.2) is 9.50 Å². The highest BCUT2D eigenvalue weighted by molar-refractivity contribution is 5.41. The van der Waals surface area contributed by atoms with Crippen LogP contribution >= 0.6 is 0 Å². The van der Waals surface area contributed by atoms with Gasteiger partial charge in [0.05, 0.1) is 5.69 Å². The molecule has 15 heavy (non-hydrogen) atoms. The summed E-state index contributed by atoms with van der Waals surface area (Å²) in [6.07, 6.45) is 1.90. The first-order chi connectivity index (χ1) is 7.20. The van der Waals surface area contributed by atoms with Crippen LogP contribution in [0.1, 0.15) is 23.5 Å². The van der Waals surface area contributed by atoms with Gasteiger partial charge < -0.3 is 5.73 Å². The Morgan fingerprint density at radius 1 is 1.33 bits per heavy atom. The minimum Gasteiger partial charge on any atom is -0.330 e. The van der Waals surface area contributed by atoms with Gasteiger partial charge in [-0.2, -0.15) is 5.10 Å². The molecule has 0 saturated carbocycles. The lowest BCUT2D eigenvalue weighted by Crippen LogP contribution is -2.01. The molecular weight excluding hydrogens is 188 g/mol. The van der Waals surface area contributed by atoms with E-state index in [1.165, 1.54) is 0 Å². The van der Waals surface area contributed by atoms with Crippen LogP contribution in [0.2, 0.25) is 0 Å². The molecule has 0 amide bonds. The lowest BCUT2D eigenvalue weighted by molar-refractivity contribution is 0.780. The molecule has 0 aliphatic carbocycles. The predicted molar refractivity (Wildman–Crippen MR) is 59.8 cm³/mol. The second-order valence-electron chi connectivity index (χ2n) is 3.84. The first-order valence-corrected chi connectivity index (χ1v) is 5.23. The fourth-order valence-corrected chi connectivity index (χ4v) is 1.74. The number of fused-ring (bicyclic) bond motifs is 1. The summed E-state index contributed by atoms with van der Waals surface area (Å²) in [7, 11) is 0. The molecule has 2 rings (SSSR count). The van der Waals surface area contributed by atoms with Gasteiger partial charge in [-0.05, 0) is 39.3 Å². The zero-order valence-corrected chi connectivity index (χ0v) is 9.20. The van der Waals surface area contributed by atoms with Crippen molar-refractivity contribution in [2.24, 2.45) is 5.73 Å². The third-order valence-corrected chi connectivity index (χ3v) is 2.42. The third-order valence-electron chi connectivity index (χ3n) is 2.42. The molecule has 80 valence electrons. The lowest BCUT2D eigenvalue weighted by Gasteiger charge is -1.99. The fourth-order valence-electron chi connectivity index (χ4n) is 1.74. The quantitative estimate of drug-likeness (QED) is 0.818. The number of rotatable bonds is 3. The van der Waals surface area contributed by atoms with Crippen molar-refractivity contribution in [1.82, 2.24) is 14.6 Å². The van der Waals surface area contributed by atoms with E-state index in [9.17, 15) is 0 Å². The van der Waals surface area contributed by atoms with Crippen molar-refractivity contribution >= 4 is 5.65 Å². The van der Waals surface area contributed by atoms with Crippen LogP contribution in [-0.2, 0) is 6.42 Å². The second-order valence-corrected chi connectivity index (χ2v) is 3.84. The van der Waals surface area contributed by atoms with Crippen LogP contribution in [-0.4, -0.2) is 21.1 Å². The maximum atomic E-state index is 5.47. The van der Waals surface area contributed by atoms with E-state index in [4.69, 9.17) is 5.73 Å². The van der Waals surface area contributed by atoms with Crippen molar-refractivity contribution in [3.8, 4) is 0 Å². The Morgan fingerprint density at radius 3 is 2.87 bits per heavy atom. The van der Waals surface area contributed by atoms with Gasteiger partial charge in [0.15, 0.2) is 5.65 Å². The Hall–Kier alpha value is -1.42. The Kier molecular flexibility index (Phi) is 2.68. The first kappa shape index (κ1) is 10.1. The average molecular weight is 204 g/mol. The smallest absolute Gasteiger partial charge is 0.155 e. The van der Waals surface area contributed by atoms with Crippen LogP contribution in [0.3, 0.4) is 0 Å². The number of hydrogen-bond donors (Lipinski definition) is 1. The zero-order chi connectivity index (χ0) is 10.8. The summed E-state index contributed by atoms with van der Waals surface area (Å²) >= 11 is 0. The van der Waals surface area contributed by atoms with E-state index >= 15 is 0 Å². The minimum absolute atomic E-state index is 0.708. The maximum Gasteiger partial charge on any atom is 0.155 e. The number of nitrogens with two attached hydrogens (primary N) is 1. The molecule has 2 aromatic heterocycles. The summed E-state index contributed by atoms with van der Waals surface area (Å²) in [4.78, 5) is 4.43. The second kappa shape index (κ2) is 3.98. The Morgan fingerprint density at radius 2 is 2.13 bits per heavy atom. The summed E-state index contributed by atoms with van der Waals surface area (Å²) in [5, 5.41) is 4.49. The van der Waals surface area contributed by atoms with Crippen molar-refractivity contribution in [3.05, 3.63) is 29.2 Å². The van der Waals surface area contributed by atoms with Gasteiger partial charge in [0.25, 0.3) is 0 Å². The Labute approximate surface area is 89.1 Å². The first-order valence-electron chi connectivity index (χ1n) is 5.23. The molecule has 2 aromatic rings. The molecule has 0 aliphatic heterocycles. The average Bonchev–Trinajstić information content (AvgIpc) is 2.57. The molecule has 0 aromatic carbocycles. The summed E-state index contributed by atoms with van der Waals surface area (Å²) in [6.45, 7) is 4.75. The van der Waals surface area contributed by atoms with Crippen molar-refractivity contribution in [3.63, 3.8) is 0 Å². The van der Waals surface area contributed by atoms with Crippen LogP contribution in [0, 0.1) is 13.8 Å². The number of nitrogens with zero attached hydrogens (tertiary/aromatic N) is 3. The van der Waals surface area contributed by atoms with Crippen molar-refractivity contribution in [2.75, 3.05) is 6.54 Å². The number of aromatic nitrogens is 3. The zero-order valence-electron chi connectivity index (χ0n) is 9.20. The highest BCUT2D eigenvalue weighted by atomic mass is 15.3. The van der Waals surface area contributed by atoms with Crippen molar-refractivity contribution in [2.45, 2.75) is 26.7 Å². The van der Waals surface area contributed by atoms with Crippen LogP contribution in [0.25, 0.3) is 5.65 Å². The molecule has 0 aliphatic rings. The largest absolute Gasteiger partial charge is 0.330 e. The van der Waals surface area contributed by atoms with Gasteiger partial charge >= 0.3 is 0 Å². The molecule has 0 radical (unpaired) electrons. The summed E-state index contributed by atoms with van der Waals surface area (Å²) in [6, 6.07) is 4.07. The highest BCUT2D eigenvalue weighted by Crippen LogP contribution is 2.09. The topological polar surface area (TPSA) is 56.2 Å². The maximum absolute atomic E-state index is 5.47. The molecular formula is C11H16N4. The lowest BCUT2D eigenvalue weighted by atomic mass is 10.2. The molecule has 0 spiro atoms. The standard InChI is InChI=1S/C11H16N4/c1-8-6-9(2)15-11(13-8)7-10(14-15)4-3-5-12/h6-7H,3-5,12H2,1-2H3. The molecule has 0 unspecified atom stereocenters. The molecule has 4 heteroatoms. The molecule has 2 heterocycles. The molecule has 0 fully saturated rings. The van der Waals surface area contributed by atoms with E-state index in [0.717, 1.165) is 35.6 Å². The van der Waals surface area contributed by atoms with Gasteiger partial charge in [-0.3, -0.25) is 0 Å². The SMILES string of the molecule is Cc1cc(C)n2nc(CCCN)cc2n1. The predicted octanol–water partition coefficient (Wildman–Crippen LogP) is 1.24. The molecule has 0 atom stereocenters. The van der Waals surface area contributed by atoms with Crippen molar-refractivity contribution in [1.29, 1.82) is 0 Å². The monoisotopic (exact) mass is 204 g/mol. The van der Waals surface area contributed by atoms with Gasteiger partial charge in [0, 0.05) is 17.5 Å². The third kappa shape index (κ3) is 1.99. The van der Waals surface area contributed by atoms with Crippen LogP contribution in [0.15, 0.2) is 12.1 Å². The van der Waals surface area contributed by atoms with E-state index in [1.54, 1.807) is 0 Å². The van der Waals surface area contributed by atoms with Crippen molar-refractivity contribution < 1.29 is 0 Å². The van der Waals surface area contributed by atoms with E-state index in [1.807, 2.05) is 30.5 Å². The van der Waals surface area contributed by atoms with Crippen LogP contribution in [0.5, 0.6) is 0 Å². The van der Waals surface area contributed by atoms with Gasteiger partial charge in [0.1, 0.15) is 0 Å². The van der Waals surface area contributed by atoms with E-state index in [2.05, 4.69) is 10.1 Å². The Balaban J connectivity index is 2.41.